The van der Waals surface area contributed by atoms with Gasteiger partial charge in [0.15, 0.2) is 0 Å². The lowest BCUT2D eigenvalue weighted by Gasteiger charge is -2.08. The largest absolute Gasteiger partial charge is 0.478 e. The number of urea groups is 1. The smallest absolute Gasteiger partial charge is 0.336 e. The molecule has 5 N–H and O–H groups in total. The minimum atomic E-state index is -1.10. The lowest BCUT2D eigenvalue weighted by atomic mass is 10.2. The molecule has 0 aromatic heterocycles. The van der Waals surface area contributed by atoms with Gasteiger partial charge in [0.2, 0.25) is 5.91 Å². The number of hydrogen-bond donors (Lipinski definition) is 4. The highest BCUT2D eigenvalue weighted by Gasteiger charge is 2.10. The van der Waals surface area contributed by atoms with Crippen LogP contribution < -0.4 is 16.4 Å². The summed E-state index contributed by atoms with van der Waals surface area (Å²) in [7, 11) is 0. The van der Waals surface area contributed by atoms with E-state index in [0.29, 0.717) is 23.1 Å². The lowest BCUT2D eigenvalue weighted by Crippen LogP contribution is -2.30. The fourth-order valence-corrected chi connectivity index (χ4v) is 1.82. The Morgan fingerprint density at radius 1 is 1.30 bits per heavy atom. The van der Waals surface area contributed by atoms with Crippen molar-refractivity contribution in [2.75, 3.05) is 11.9 Å². The molecule has 1 rings (SSSR count). The number of halogens is 1. The van der Waals surface area contributed by atoms with Crippen LogP contribution >= 0.6 is 15.9 Å². The quantitative estimate of drug-likeness (QED) is 0.585. The van der Waals surface area contributed by atoms with Crippen molar-refractivity contribution < 1.29 is 19.5 Å². The van der Waals surface area contributed by atoms with Crippen LogP contribution in [0.25, 0.3) is 0 Å². The van der Waals surface area contributed by atoms with Crippen LogP contribution in [0.15, 0.2) is 22.7 Å². The van der Waals surface area contributed by atoms with Crippen molar-refractivity contribution in [3.05, 3.63) is 28.2 Å². The maximum atomic E-state index is 11.5. The van der Waals surface area contributed by atoms with Gasteiger partial charge in [-0.15, -0.1) is 0 Å². The van der Waals surface area contributed by atoms with E-state index in [9.17, 15) is 14.4 Å². The van der Waals surface area contributed by atoms with Crippen molar-refractivity contribution >= 4 is 39.5 Å². The maximum Gasteiger partial charge on any atom is 0.336 e. The van der Waals surface area contributed by atoms with Crippen molar-refractivity contribution in [1.29, 1.82) is 0 Å². The minimum Gasteiger partial charge on any atom is -0.478 e. The van der Waals surface area contributed by atoms with Gasteiger partial charge in [0.05, 0.1) is 5.56 Å². The zero-order valence-corrected chi connectivity index (χ0v) is 12.1. The van der Waals surface area contributed by atoms with Gasteiger partial charge >= 0.3 is 12.0 Å². The van der Waals surface area contributed by atoms with Crippen LogP contribution in [0.1, 0.15) is 23.2 Å². The molecule has 0 saturated heterocycles. The molecule has 8 heteroatoms. The number of carboxylic acid groups (broad SMARTS) is 1. The van der Waals surface area contributed by atoms with Crippen LogP contribution in [0.5, 0.6) is 0 Å². The number of rotatable bonds is 6. The van der Waals surface area contributed by atoms with E-state index in [1.54, 1.807) is 6.07 Å². The molecular formula is C12H14BrN3O4. The molecule has 0 aliphatic carbocycles. The monoisotopic (exact) mass is 343 g/mol. The molecular weight excluding hydrogens is 330 g/mol. The van der Waals surface area contributed by atoms with E-state index in [4.69, 9.17) is 10.8 Å². The first-order chi connectivity index (χ1) is 9.40. The van der Waals surface area contributed by atoms with E-state index in [0.717, 1.165) is 0 Å². The summed E-state index contributed by atoms with van der Waals surface area (Å²) in [4.78, 5) is 33.0. The summed E-state index contributed by atoms with van der Waals surface area (Å²) in [6, 6.07) is 3.97. The minimum absolute atomic E-state index is 0.0523. The predicted octanol–water partition coefficient (Wildman–Crippen LogP) is 1.53. The van der Waals surface area contributed by atoms with Crippen molar-refractivity contribution in [3.8, 4) is 0 Å². The lowest BCUT2D eigenvalue weighted by molar-refractivity contribution is -0.118. The second kappa shape index (κ2) is 7.49. The molecule has 0 spiro atoms. The average molecular weight is 344 g/mol. The number of amides is 3. The molecule has 0 fully saturated rings. The average Bonchev–Trinajstić information content (AvgIpc) is 2.36. The van der Waals surface area contributed by atoms with E-state index in [2.05, 4.69) is 26.6 Å². The molecule has 1 aromatic rings. The molecule has 1 aromatic carbocycles. The van der Waals surface area contributed by atoms with Gasteiger partial charge in [-0.25, -0.2) is 9.59 Å². The first-order valence-electron chi connectivity index (χ1n) is 5.76. The Morgan fingerprint density at radius 3 is 2.60 bits per heavy atom. The Bertz CT molecular complexity index is 533. The van der Waals surface area contributed by atoms with Gasteiger partial charge in [-0.2, -0.15) is 0 Å². The van der Waals surface area contributed by atoms with Crippen molar-refractivity contribution in [2.45, 2.75) is 12.8 Å². The number of anilines is 1. The number of nitrogens with one attached hydrogen (secondary N) is 2. The summed E-state index contributed by atoms with van der Waals surface area (Å²) < 4.78 is 0.428. The van der Waals surface area contributed by atoms with Crippen LogP contribution in [-0.4, -0.2) is 29.6 Å². The topological polar surface area (TPSA) is 122 Å². The summed E-state index contributed by atoms with van der Waals surface area (Å²) in [5.41, 5.74) is 5.38. The normalized spacial score (nSPS) is 9.85. The molecule has 0 bridgehead atoms. The molecule has 0 atom stereocenters. The summed E-state index contributed by atoms with van der Waals surface area (Å²) in [6.45, 7) is 0.303. The number of carbonyl (C=O) groups excluding carboxylic acids is 2. The Kier molecular flexibility index (Phi) is 5.98. The number of nitrogens with two attached hydrogens (primary N) is 1. The van der Waals surface area contributed by atoms with Gasteiger partial charge in [0.25, 0.3) is 0 Å². The number of hydrogen-bond acceptors (Lipinski definition) is 3. The number of carboxylic acids is 1. The Balaban J connectivity index is 2.52. The molecule has 0 saturated carbocycles. The Morgan fingerprint density at radius 2 is 2.00 bits per heavy atom. The van der Waals surface area contributed by atoms with Crippen molar-refractivity contribution in [3.63, 3.8) is 0 Å². The van der Waals surface area contributed by atoms with Crippen molar-refractivity contribution in [2.24, 2.45) is 5.73 Å². The maximum absolute atomic E-state index is 11.5. The Labute approximate surface area is 123 Å². The third kappa shape index (κ3) is 5.27. The molecule has 0 aliphatic rings. The number of carbonyl (C=O) groups is 3. The fraction of sp³-hybridized carbons (Fsp3) is 0.250. The number of primary amides is 1. The number of aromatic carboxylic acids is 1. The van der Waals surface area contributed by atoms with Crippen LogP contribution in [0.3, 0.4) is 0 Å². The molecule has 0 unspecified atom stereocenters. The molecule has 0 heterocycles. The molecule has 20 heavy (non-hydrogen) atoms. The highest BCUT2D eigenvalue weighted by atomic mass is 79.9. The van der Waals surface area contributed by atoms with Crippen LogP contribution in [0.4, 0.5) is 10.5 Å². The van der Waals surface area contributed by atoms with Crippen molar-refractivity contribution in [1.82, 2.24) is 5.32 Å². The first kappa shape index (κ1) is 16.0. The van der Waals surface area contributed by atoms with Gasteiger partial charge < -0.3 is 21.5 Å². The third-order valence-electron chi connectivity index (χ3n) is 2.34. The highest BCUT2D eigenvalue weighted by molar-refractivity contribution is 9.10. The SMILES string of the molecule is NC(=O)CCCNC(=O)Nc1ccc(Br)c(C(=O)O)c1. The summed E-state index contributed by atoms with van der Waals surface area (Å²) in [5, 5.41) is 14.0. The summed E-state index contributed by atoms with van der Waals surface area (Å²) >= 11 is 3.11. The molecule has 0 radical (unpaired) electrons. The van der Waals surface area contributed by atoms with Crippen LogP contribution in [0.2, 0.25) is 0 Å². The molecule has 108 valence electrons. The molecule has 3 amide bonds. The first-order valence-corrected chi connectivity index (χ1v) is 6.55. The van der Waals surface area contributed by atoms with Gasteiger partial charge in [0.1, 0.15) is 0 Å². The Hall–Kier alpha value is -2.09. The second-order valence-corrected chi connectivity index (χ2v) is 4.80. The second-order valence-electron chi connectivity index (χ2n) is 3.95. The molecule has 0 aliphatic heterocycles. The van der Waals surface area contributed by atoms with Gasteiger partial charge in [-0.1, -0.05) is 0 Å². The summed E-state index contributed by atoms with van der Waals surface area (Å²) in [6.07, 6.45) is 0.644. The number of benzene rings is 1. The third-order valence-corrected chi connectivity index (χ3v) is 3.03. The molecule has 7 nitrogen and oxygen atoms in total. The standard InChI is InChI=1S/C12H14BrN3O4/c13-9-4-3-7(6-8(9)11(18)19)16-12(20)15-5-1-2-10(14)17/h3-4,6H,1-2,5H2,(H2,14,17)(H,18,19)(H2,15,16,20). The van der Waals surface area contributed by atoms with Crippen LogP contribution in [-0.2, 0) is 4.79 Å². The fourth-order valence-electron chi connectivity index (χ4n) is 1.41. The van der Waals surface area contributed by atoms with E-state index >= 15 is 0 Å². The van der Waals surface area contributed by atoms with Gasteiger partial charge in [-0.3, -0.25) is 4.79 Å². The zero-order chi connectivity index (χ0) is 15.1. The zero-order valence-electron chi connectivity index (χ0n) is 10.5. The van der Waals surface area contributed by atoms with Gasteiger partial charge in [-0.05, 0) is 40.5 Å². The van der Waals surface area contributed by atoms with E-state index in [1.807, 2.05) is 0 Å². The highest BCUT2D eigenvalue weighted by Crippen LogP contribution is 2.21. The summed E-state index contributed by atoms with van der Waals surface area (Å²) in [5.74, 6) is -1.52. The van der Waals surface area contributed by atoms with Crippen LogP contribution in [0, 0.1) is 0 Å². The van der Waals surface area contributed by atoms with E-state index in [1.165, 1.54) is 12.1 Å². The predicted molar refractivity (Wildman–Crippen MR) is 76.6 cm³/mol. The van der Waals surface area contributed by atoms with Gasteiger partial charge in [0, 0.05) is 23.1 Å². The van der Waals surface area contributed by atoms with E-state index < -0.39 is 17.9 Å². The van der Waals surface area contributed by atoms with E-state index in [-0.39, 0.29) is 12.0 Å².